The fourth-order valence-corrected chi connectivity index (χ4v) is 2.34. The molecule has 0 aromatic heterocycles. The molecule has 0 spiro atoms. The molecule has 0 radical (unpaired) electrons. The molecular weight excluding hydrogens is 228 g/mol. The van der Waals surface area contributed by atoms with E-state index in [1.165, 1.54) is 0 Å². The predicted octanol–water partition coefficient (Wildman–Crippen LogP) is 2.35. The van der Waals surface area contributed by atoms with E-state index in [2.05, 4.69) is 11.5 Å². The van der Waals surface area contributed by atoms with Crippen LogP contribution in [-0.2, 0) is 0 Å². The van der Waals surface area contributed by atoms with Crippen molar-refractivity contribution in [3.8, 4) is 0 Å². The highest BCUT2D eigenvalue weighted by Gasteiger charge is 2.40. The van der Waals surface area contributed by atoms with Gasteiger partial charge in [0.15, 0.2) is 0 Å². The first kappa shape index (κ1) is 14.6. The summed E-state index contributed by atoms with van der Waals surface area (Å²) in [7, 11) is 5.72. The second-order valence-electron chi connectivity index (χ2n) is 5.38. The zero-order valence-corrected chi connectivity index (χ0v) is 10.8. The number of hydrogen-bond donors (Lipinski definition) is 0. The zero-order valence-electron chi connectivity index (χ0n) is 10.8. The van der Waals surface area contributed by atoms with Crippen LogP contribution in [0.25, 0.3) is 0 Å². The molecule has 2 nitrogen and oxygen atoms in total. The van der Waals surface area contributed by atoms with Crippen LogP contribution in [0.4, 0.5) is 12.9 Å². The molecule has 1 rings (SSSR count). The van der Waals surface area contributed by atoms with Crippen LogP contribution in [0.3, 0.4) is 0 Å². The quantitative estimate of drug-likeness (QED) is 0.666. The van der Waals surface area contributed by atoms with Crippen molar-refractivity contribution in [2.45, 2.75) is 24.8 Å². The van der Waals surface area contributed by atoms with E-state index in [0.29, 0.717) is 6.54 Å². The molecule has 0 aromatic carbocycles. The molecule has 1 fully saturated rings. The Morgan fingerprint density at radius 2 is 1.76 bits per heavy atom. The molecule has 0 aromatic rings. The van der Waals surface area contributed by atoms with Crippen molar-refractivity contribution in [3.05, 3.63) is 12.1 Å². The SMILES string of the molecule is C=C(CN(C)CC1(N(C)C)CCC1)[B-](F)(F)F. The van der Waals surface area contributed by atoms with E-state index in [1.807, 2.05) is 14.1 Å². The van der Waals surface area contributed by atoms with E-state index in [0.717, 1.165) is 19.3 Å². The number of hydrogen-bond acceptors (Lipinski definition) is 2. The lowest BCUT2D eigenvalue weighted by Gasteiger charge is -2.49. The Kier molecular flexibility index (Phi) is 4.30. The molecular formula is C11H21BF3N2-. The standard InChI is InChI=1S/C11H21BF3N2/c1-10(12(13,14)15)8-17(4)9-11(16(2)3)6-5-7-11/h1,5-9H2,2-4H3/q-1. The van der Waals surface area contributed by atoms with Crippen LogP contribution in [0.1, 0.15) is 19.3 Å². The maximum atomic E-state index is 12.4. The lowest BCUT2D eigenvalue weighted by Crippen LogP contribution is -2.57. The van der Waals surface area contributed by atoms with Crippen LogP contribution in [-0.4, -0.2) is 56.5 Å². The van der Waals surface area contributed by atoms with Crippen molar-refractivity contribution in [1.29, 1.82) is 0 Å². The molecule has 1 aliphatic rings. The van der Waals surface area contributed by atoms with E-state index in [1.54, 1.807) is 11.9 Å². The summed E-state index contributed by atoms with van der Waals surface area (Å²) in [5, 5.41) is 0. The first-order valence-electron chi connectivity index (χ1n) is 5.91. The Labute approximate surface area is 102 Å². The molecule has 0 amide bonds. The van der Waals surface area contributed by atoms with Crippen molar-refractivity contribution in [1.82, 2.24) is 9.80 Å². The van der Waals surface area contributed by atoms with E-state index in [4.69, 9.17) is 0 Å². The van der Waals surface area contributed by atoms with Crippen LogP contribution in [0.2, 0.25) is 0 Å². The molecule has 0 heterocycles. The second-order valence-corrected chi connectivity index (χ2v) is 5.38. The van der Waals surface area contributed by atoms with E-state index < -0.39 is 12.4 Å². The van der Waals surface area contributed by atoms with Crippen LogP contribution in [0, 0.1) is 0 Å². The van der Waals surface area contributed by atoms with Gasteiger partial charge in [-0.05, 0) is 47.0 Å². The Bertz CT molecular complexity index is 285. The van der Waals surface area contributed by atoms with Crippen molar-refractivity contribution >= 4 is 6.98 Å². The Balaban J connectivity index is 2.49. The van der Waals surface area contributed by atoms with Crippen LogP contribution in [0.15, 0.2) is 12.1 Å². The molecule has 0 aliphatic heterocycles. The summed E-state index contributed by atoms with van der Waals surface area (Å²) >= 11 is 0. The van der Waals surface area contributed by atoms with Gasteiger partial charge in [0.2, 0.25) is 0 Å². The molecule has 1 aliphatic carbocycles. The summed E-state index contributed by atoms with van der Waals surface area (Å²) in [4.78, 5) is 3.87. The molecule has 6 heteroatoms. The van der Waals surface area contributed by atoms with Gasteiger partial charge in [-0.15, -0.1) is 12.1 Å². The van der Waals surface area contributed by atoms with Crippen molar-refractivity contribution in [2.24, 2.45) is 0 Å². The van der Waals surface area contributed by atoms with Gasteiger partial charge in [0.1, 0.15) is 0 Å². The van der Waals surface area contributed by atoms with Gasteiger partial charge in [0, 0.05) is 12.1 Å². The second kappa shape index (κ2) is 5.02. The predicted molar refractivity (Wildman–Crippen MR) is 66.0 cm³/mol. The molecule has 0 atom stereocenters. The fourth-order valence-electron chi connectivity index (χ4n) is 2.34. The summed E-state index contributed by atoms with van der Waals surface area (Å²) in [6.45, 7) is -1.18. The zero-order chi connectivity index (χ0) is 13.3. The Morgan fingerprint density at radius 1 is 1.24 bits per heavy atom. The first-order chi connectivity index (χ1) is 7.67. The van der Waals surface area contributed by atoms with Crippen LogP contribution < -0.4 is 0 Å². The van der Waals surface area contributed by atoms with E-state index in [-0.39, 0.29) is 12.1 Å². The minimum atomic E-state index is -4.90. The maximum Gasteiger partial charge on any atom is 0.506 e. The summed E-state index contributed by atoms with van der Waals surface area (Å²) in [5.41, 5.74) is -0.547. The topological polar surface area (TPSA) is 6.48 Å². The summed E-state index contributed by atoms with van der Waals surface area (Å²) in [6, 6.07) is 0. The number of nitrogens with zero attached hydrogens (tertiary/aromatic N) is 2. The Morgan fingerprint density at radius 3 is 2.06 bits per heavy atom. The lowest BCUT2D eigenvalue weighted by molar-refractivity contribution is 0.0303. The largest absolute Gasteiger partial charge is 0.506 e. The third-order valence-corrected chi connectivity index (χ3v) is 3.73. The van der Waals surface area contributed by atoms with Gasteiger partial charge in [0.25, 0.3) is 0 Å². The average Bonchev–Trinajstić information content (AvgIpc) is 2.08. The van der Waals surface area contributed by atoms with Gasteiger partial charge in [0.05, 0.1) is 0 Å². The van der Waals surface area contributed by atoms with Crippen molar-refractivity contribution in [3.63, 3.8) is 0 Å². The molecule has 17 heavy (non-hydrogen) atoms. The third-order valence-electron chi connectivity index (χ3n) is 3.73. The number of likely N-dealkylation sites (N-methyl/N-ethyl adjacent to an activating group) is 2. The highest BCUT2D eigenvalue weighted by atomic mass is 19.4. The van der Waals surface area contributed by atoms with Crippen LogP contribution >= 0.6 is 0 Å². The van der Waals surface area contributed by atoms with Crippen molar-refractivity contribution in [2.75, 3.05) is 34.2 Å². The van der Waals surface area contributed by atoms with E-state index >= 15 is 0 Å². The number of halogens is 3. The monoisotopic (exact) mass is 249 g/mol. The Hall–Kier alpha value is -0.485. The minimum absolute atomic E-state index is 0.0631. The van der Waals surface area contributed by atoms with Gasteiger partial charge in [-0.2, -0.15) is 0 Å². The van der Waals surface area contributed by atoms with Gasteiger partial charge in [-0.1, -0.05) is 0 Å². The summed E-state index contributed by atoms with van der Waals surface area (Å²) < 4.78 is 37.3. The molecule has 0 bridgehead atoms. The van der Waals surface area contributed by atoms with E-state index in [9.17, 15) is 12.9 Å². The summed E-state index contributed by atoms with van der Waals surface area (Å²) in [5.74, 6) is 0. The maximum absolute atomic E-state index is 12.4. The smallest absolute Gasteiger partial charge is 0.445 e. The van der Waals surface area contributed by atoms with Gasteiger partial charge < -0.3 is 22.7 Å². The number of rotatable bonds is 6. The highest BCUT2D eigenvalue weighted by Crippen LogP contribution is 2.36. The van der Waals surface area contributed by atoms with Crippen LogP contribution in [0.5, 0.6) is 0 Å². The normalized spacial score (nSPS) is 19.5. The lowest BCUT2D eigenvalue weighted by atomic mass is 9.74. The molecule has 100 valence electrons. The molecule has 0 N–H and O–H groups in total. The van der Waals surface area contributed by atoms with Crippen molar-refractivity contribution < 1.29 is 12.9 Å². The minimum Gasteiger partial charge on any atom is -0.445 e. The average molecular weight is 249 g/mol. The molecule has 0 saturated heterocycles. The highest BCUT2D eigenvalue weighted by molar-refractivity contribution is 6.66. The summed E-state index contributed by atoms with van der Waals surface area (Å²) in [6.07, 6.45) is 3.29. The van der Waals surface area contributed by atoms with Gasteiger partial charge in [-0.3, -0.25) is 0 Å². The molecule has 1 saturated carbocycles. The van der Waals surface area contributed by atoms with Gasteiger partial charge >= 0.3 is 6.98 Å². The molecule has 0 unspecified atom stereocenters. The van der Waals surface area contributed by atoms with Gasteiger partial charge in [-0.25, -0.2) is 0 Å². The third kappa shape index (κ3) is 3.49. The first-order valence-corrected chi connectivity index (χ1v) is 5.91. The fraction of sp³-hybridized carbons (Fsp3) is 0.818.